The first-order chi connectivity index (χ1) is 9.00. The van der Waals surface area contributed by atoms with Crippen molar-refractivity contribution < 1.29 is 9.47 Å². The number of ether oxygens (including phenoxy) is 2. The molecule has 1 aromatic heterocycles. The van der Waals surface area contributed by atoms with Gasteiger partial charge in [-0.1, -0.05) is 20.8 Å². The van der Waals surface area contributed by atoms with E-state index in [1.165, 1.54) is 11.3 Å². The van der Waals surface area contributed by atoms with Gasteiger partial charge in [0.2, 0.25) is 0 Å². The fourth-order valence-corrected chi connectivity index (χ4v) is 2.53. The van der Waals surface area contributed by atoms with Crippen LogP contribution in [0, 0.1) is 0 Å². The number of aromatic nitrogens is 2. The minimum atomic E-state index is 0.101. The highest BCUT2D eigenvalue weighted by Gasteiger charge is 2.24. The molecule has 0 spiro atoms. The Morgan fingerprint density at radius 1 is 1.53 bits per heavy atom. The molecule has 0 bridgehead atoms. The first kappa shape index (κ1) is 14.5. The first-order valence-electron chi connectivity index (χ1n) is 6.86. The van der Waals surface area contributed by atoms with Gasteiger partial charge in [-0.3, -0.25) is 10.00 Å². The van der Waals surface area contributed by atoms with Crippen LogP contribution in [0.15, 0.2) is 6.20 Å². The molecule has 2 rings (SSSR count). The van der Waals surface area contributed by atoms with E-state index in [0.29, 0.717) is 6.61 Å². The lowest BCUT2D eigenvalue weighted by atomic mass is 9.89. The summed E-state index contributed by atoms with van der Waals surface area (Å²) >= 11 is 0. The lowest BCUT2D eigenvalue weighted by molar-refractivity contribution is -0.0632. The van der Waals surface area contributed by atoms with E-state index in [-0.39, 0.29) is 11.5 Å². The Labute approximate surface area is 115 Å². The summed E-state index contributed by atoms with van der Waals surface area (Å²) in [6, 6.07) is 0. The molecule has 0 saturated carbocycles. The van der Waals surface area contributed by atoms with Crippen molar-refractivity contribution in [2.24, 2.45) is 0 Å². The first-order valence-corrected chi connectivity index (χ1v) is 6.86. The maximum Gasteiger partial charge on any atom is 0.0935 e. The summed E-state index contributed by atoms with van der Waals surface area (Å²) in [5.74, 6) is 0. The summed E-state index contributed by atoms with van der Waals surface area (Å²) in [4.78, 5) is 2.41. The summed E-state index contributed by atoms with van der Waals surface area (Å²) in [5.41, 5.74) is 2.61. The van der Waals surface area contributed by atoms with Crippen LogP contribution in [0.3, 0.4) is 0 Å². The molecule has 108 valence electrons. The molecule has 1 unspecified atom stereocenters. The highest BCUT2D eigenvalue weighted by Crippen LogP contribution is 2.24. The third-order valence-corrected chi connectivity index (χ3v) is 3.44. The van der Waals surface area contributed by atoms with E-state index >= 15 is 0 Å². The van der Waals surface area contributed by atoms with Crippen LogP contribution in [-0.2, 0) is 21.4 Å². The highest BCUT2D eigenvalue weighted by atomic mass is 16.5. The van der Waals surface area contributed by atoms with Gasteiger partial charge in [-0.15, -0.1) is 0 Å². The second-order valence-electron chi connectivity index (χ2n) is 6.20. The third kappa shape index (κ3) is 3.78. The van der Waals surface area contributed by atoms with Gasteiger partial charge in [-0.2, -0.15) is 5.10 Å². The van der Waals surface area contributed by atoms with E-state index in [0.717, 1.165) is 26.2 Å². The van der Waals surface area contributed by atoms with Crippen molar-refractivity contribution in [3.05, 3.63) is 17.5 Å². The van der Waals surface area contributed by atoms with Gasteiger partial charge < -0.3 is 9.47 Å². The Morgan fingerprint density at radius 2 is 2.32 bits per heavy atom. The second-order valence-corrected chi connectivity index (χ2v) is 6.20. The van der Waals surface area contributed by atoms with Crippen LogP contribution in [0.25, 0.3) is 0 Å². The average molecular weight is 267 g/mol. The number of nitrogens with zero attached hydrogens (tertiary/aromatic N) is 2. The van der Waals surface area contributed by atoms with Gasteiger partial charge >= 0.3 is 0 Å². The van der Waals surface area contributed by atoms with Crippen LogP contribution >= 0.6 is 0 Å². The zero-order valence-corrected chi connectivity index (χ0v) is 12.4. The maximum atomic E-state index is 5.68. The molecule has 5 nitrogen and oxygen atoms in total. The largest absolute Gasteiger partial charge is 0.382 e. The van der Waals surface area contributed by atoms with Gasteiger partial charge in [-0.25, -0.2) is 0 Å². The molecule has 1 aliphatic rings. The third-order valence-electron chi connectivity index (χ3n) is 3.44. The molecule has 0 aromatic carbocycles. The molecule has 0 aliphatic carbocycles. The predicted molar refractivity (Wildman–Crippen MR) is 74.2 cm³/mol. The van der Waals surface area contributed by atoms with Crippen molar-refractivity contribution in [1.29, 1.82) is 0 Å². The zero-order chi connectivity index (χ0) is 13.9. The molecule has 1 N–H and O–H groups in total. The molecule has 1 atom stereocenters. The monoisotopic (exact) mass is 267 g/mol. The number of nitrogens with one attached hydrogen (secondary N) is 1. The smallest absolute Gasteiger partial charge is 0.0935 e. The van der Waals surface area contributed by atoms with Crippen molar-refractivity contribution >= 4 is 0 Å². The fourth-order valence-electron chi connectivity index (χ4n) is 2.53. The lowest BCUT2D eigenvalue weighted by Crippen LogP contribution is -2.44. The number of methoxy groups -OCH3 is 1. The van der Waals surface area contributed by atoms with Crippen molar-refractivity contribution in [3.8, 4) is 0 Å². The second kappa shape index (κ2) is 6.03. The normalized spacial score (nSPS) is 21.8. The molecule has 1 aliphatic heterocycles. The quantitative estimate of drug-likeness (QED) is 0.899. The van der Waals surface area contributed by atoms with Gasteiger partial charge in [0.15, 0.2) is 0 Å². The van der Waals surface area contributed by atoms with Crippen LogP contribution in [0.4, 0.5) is 0 Å². The number of hydrogen-bond acceptors (Lipinski definition) is 4. The van der Waals surface area contributed by atoms with E-state index < -0.39 is 0 Å². The average Bonchev–Trinajstić information content (AvgIpc) is 2.78. The Morgan fingerprint density at radius 3 is 3.00 bits per heavy atom. The van der Waals surface area contributed by atoms with Crippen LogP contribution < -0.4 is 0 Å². The van der Waals surface area contributed by atoms with E-state index in [4.69, 9.17) is 9.47 Å². The van der Waals surface area contributed by atoms with Gasteiger partial charge in [0.25, 0.3) is 0 Å². The molecule has 0 radical (unpaired) electrons. The maximum absolute atomic E-state index is 5.68. The van der Waals surface area contributed by atoms with E-state index in [1.807, 2.05) is 6.20 Å². The zero-order valence-electron chi connectivity index (χ0n) is 12.4. The Hall–Kier alpha value is -0.910. The minimum Gasteiger partial charge on any atom is -0.382 e. The molecule has 0 amide bonds. The predicted octanol–water partition coefficient (Wildman–Crippen LogP) is 1.55. The molecule has 1 fully saturated rings. The van der Waals surface area contributed by atoms with Crippen LogP contribution in [0.5, 0.6) is 0 Å². The molecular weight excluding hydrogens is 242 g/mol. The summed E-state index contributed by atoms with van der Waals surface area (Å²) in [7, 11) is 1.72. The Balaban J connectivity index is 1.99. The van der Waals surface area contributed by atoms with Gasteiger partial charge in [-0.05, 0) is 0 Å². The van der Waals surface area contributed by atoms with E-state index in [2.05, 4.69) is 35.9 Å². The summed E-state index contributed by atoms with van der Waals surface area (Å²) in [6.45, 7) is 10.9. The van der Waals surface area contributed by atoms with Gasteiger partial charge in [0, 0.05) is 43.4 Å². The number of rotatable bonds is 4. The van der Waals surface area contributed by atoms with Gasteiger partial charge in [0.1, 0.15) is 0 Å². The number of morpholine rings is 1. The number of hydrogen-bond donors (Lipinski definition) is 1. The molecule has 5 heteroatoms. The van der Waals surface area contributed by atoms with Crippen LogP contribution in [0.2, 0.25) is 0 Å². The van der Waals surface area contributed by atoms with E-state index in [1.54, 1.807) is 7.11 Å². The molecule has 19 heavy (non-hydrogen) atoms. The summed E-state index contributed by atoms with van der Waals surface area (Å²) in [5, 5.41) is 7.34. The van der Waals surface area contributed by atoms with Crippen molar-refractivity contribution in [1.82, 2.24) is 15.1 Å². The van der Waals surface area contributed by atoms with Crippen LogP contribution in [0.1, 0.15) is 32.0 Å². The number of aromatic amines is 1. The van der Waals surface area contributed by atoms with Crippen LogP contribution in [-0.4, -0.2) is 54.6 Å². The fraction of sp³-hybridized carbons (Fsp3) is 0.786. The van der Waals surface area contributed by atoms with Crippen molar-refractivity contribution in [3.63, 3.8) is 0 Å². The SMILES string of the molecule is COCC1CN(Cc2cn[nH]c2C(C)(C)C)CCO1. The summed E-state index contributed by atoms with van der Waals surface area (Å²) < 4.78 is 10.8. The molecular formula is C14H25N3O2. The van der Waals surface area contributed by atoms with Crippen molar-refractivity contribution in [2.75, 3.05) is 33.4 Å². The lowest BCUT2D eigenvalue weighted by Gasteiger charge is -2.33. The van der Waals surface area contributed by atoms with Gasteiger partial charge in [0.05, 0.1) is 25.5 Å². The molecule has 2 heterocycles. The molecule has 1 aromatic rings. The summed E-state index contributed by atoms with van der Waals surface area (Å²) in [6.07, 6.45) is 2.13. The highest BCUT2D eigenvalue weighted by molar-refractivity contribution is 5.23. The Bertz CT molecular complexity index is 396. The molecule has 1 saturated heterocycles. The standard InChI is InChI=1S/C14H25N3O2/c1-14(2,3)13-11(7-15-16-13)8-17-5-6-19-12(9-17)10-18-4/h7,12H,5-6,8-10H2,1-4H3,(H,15,16). The topological polar surface area (TPSA) is 50.4 Å². The number of H-pyrrole nitrogens is 1. The minimum absolute atomic E-state index is 0.101. The van der Waals surface area contributed by atoms with E-state index in [9.17, 15) is 0 Å². The Kier molecular flexibility index (Phi) is 4.60. The van der Waals surface area contributed by atoms with Crippen molar-refractivity contribution in [2.45, 2.75) is 38.8 Å².